The lowest BCUT2D eigenvalue weighted by Crippen LogP contribution is -2.43. The largest absolute Gasteiger partial charge is 0.497 e. The summed E-state index contributed by atoms with van der Waals surface area (Å²) in [6.45, 7) is 10.9. The zero-order valence-corrected chi connectivity index (χ0v) is 26.1. The van der Waals surface area contributed by atoms with E-state index in [1.165, 1.54) is 5.56 Å². The van der Waals surface area contributed by atoms with Gasteiger partial charge in [0.15, 0.2) is 0 Å². The first-order chi connectivity index (χ1) is 19.7. The van der Waals surface area contributed by atoms with Crippen molar-refractivity contribution in [3.8, 4) is 5.75 Å². The number of aliphatic hydroxyl groups excluding tert-OH is 1. The third kappa shape index (κ3) is 7.17. The van der Waals surface area contributed by atoms with Crippen molar-refractivity contribution in [3.63, 3.8) is 0 Å². The number of halogens is 1. The third-order valence-electron chi connectivity index (χ3n) is 8.79. The number of methoxy groups -OCH3 is 1. The minimum atomic E-state index is -0.947. The van der Waals surface area contributed by atoms with Crippen molar-refractivity contribution < 1.29 is 9.84 Å². The lowest BCUT2D eigenvalue weighted by atomic mass is 9.88. The Morgan fingerprint density at radius 1 is 1.12 bits per heavy atom. The molecular weight excluding hydrogens is 538 g/mol. The summed E-state index contributed by atoms with van der Waals surface area (Å²) in [4.78, 5) is 17.3. The number of hydrogen-bond donors (Lipinski definition) is 3. The van der Waals surface area contributed by atoms with Crippen molar-refractivity contribution in [1.29, 1.82) is 0 Å². The van der Waals surface area contributed by atoms with Crippen LogP contribution < -0.4 is 20.5 Å². The smallest absolute Gasteiger partial charge is 0.268 e. The topological polar surface area (TPSA) is 85.8 Å². The van der Waals surface area contributed by atoms with Crippen LogP contribution in [0.5, 0.6) is 5.75 Å². The molecule has 2 aromatic carbocycles. The predicted octanol–water partition coefficient (Wildman–Crippen LogP) is 5.53. The Morgan fingerprint density at radius 2 is 1.78 bits per heavy atom. The SMILES string of the molecule is CCn1[nH]c(=O)c(CNC(O)c2cc(Cl)cc(N(CC)[C@H]3CC[C@H](N(C)Cc4ccc(OC)cc4)CC3)c2C)c1C. The van der Waals surface area contributed by atoms with Gasteiger partial charge in [-0.1, -0.05) is 23.7 Å². The molecule has 0 bridgehead atoms. The maximum Gasteiger partial charge on any atom is 0.268 e. The molecule has 0 amide bonds. The van der Waals surface area contributed by atoms with E-state index < -0.39 is 6.23 Å². The summed E-state index contributed by atoms with van der Waals surface area (Å²) in [6, 6.07) is 13.1. The molecule has 1 aromatic heterocycles. The highest BCUT2D eigenvalue weighted by Gasteiger charge is 2.29. The van der Waals surface area contributed by atoms with E-state index in [1.54, 1.807) is 7.11 Å². The van der Waals surface area contributed by atoms with E-state index >= 15 is 0 Å². The van der Waals surface area contributed by atoms with Gasteiger partial charge in [0.1, 0.15) is 12.0 Å². The van der Waals surface area contributed by atoms with E-state index in [1.807, 2.05) is 42.8 Å². The second-order valence-electron chi connectivity index (χ2n) is 11.2. The minimum Gasteiger partial charge on any atom is -0.497 e. The van der Waals surface area contributed by atoms with Gasteiger partial charge in [0.05, 0.1) is 12.7 Å². The van der Waals surface area contributed by atoms with Gasteiger partial charge in [-0.15, -0.1) is 0 Å². The molecule has 0 aliphatic heterocycles. The summed E-state index contributed by atoms with van der Waals surface area (Å²) in [5, 5.41) is 17.7. The fourth-order valence-corrected chi connectivity index (χ4v) is 6.51. The van der Waals surface area contributed by atoms with Gasteiger partial charge < -0.3 is 14.7 Å². The number of benzene rings is 2. The zero-order valence-electron chi connectivity index (χ0n) is 25.3. The summed E-state index contributed by atoms with van der Waals surface area (Å²) in [5.74, 6) is 0.886. The van der Waals surface area contributed by atoms with E-state index in [9.17, 15) is 9.90 Å². The highest BCUT2D eigenvalue weighted by Crippen LogP contribution is 2.36. The maximum atomic E-state index is 12.4. The summed E-state index contributed by atoms with van der Waals surface area (Å²) in [7, 11) is 3.92. The number of aryl methyl sites for hydroxylation is 1. The molecule has 1 fully saturated rings. The van der Waals surface area contributed by atoms with Crippen LogP contribution in [0.2, 0.25) is 5.02 Å². The van der Waals surface area contributed by atoms with Crippen LogP contribution in [0.25, 0.3) is 0 Å². The van der Waals surface area contributed by atoms with Crippen molar-refractivity contribution in [2.75, 3.05) is 25.6 Å². The number of anilines is 1. The van der Waals surface area contributed by atoms with E-state index in [0.29, 0.717) is 29.2 Å². The van der Waals surface area contributed by atoms with Gasteiger partial charge in [-0.2, -0.15) is 0 Å². The van der Waals surface area contributed by atoms with Crippen LogP contribution in [0.1, 0.15) is 73.7 Å². The van der Waals surface area contributed by atoms with E-state index in [-0.39, 0.29) is 12.1 Å². The molecular formula is C32H46ClN5O3. The molecule has 0 radical (unpaired) electrons. The Kier molecular flexibility index (Phi) is 10.6. The molecule has 8 nitrogen and oxygen atoms in total. The molecule has 1 aliphatic rings. The van der Waals surface area contributed by atoms with Gasteiger partial charge in [0, 0.05) is 60.2 Å². The number of nitrogens with zero attached hydrogens (tertiary/aromatic N) is 3. The van der Waals surface area contributed by atoms with Crippen molar-refractivity contribution in [3.05, 3.63) is 79.7 Å². The predicted molar refractivity (Wildman–Crippen MR) is 167 cm³/mol. The highest BCUT2D eigenvalue weighted by molar-refractivity contribution is 6.31. The van der Waals surface area contributed by atoms with Crippen molar-refractivity contribution >= 4 is 17.3 Å². The van der Waals surface area contributed by atoms with Gasteiger partial charge >= 0.3 is 0 Å². The molecule has 1 heterocycles. The Morgan fingerprint density at radius 3 is 2.37 bits per heavy atom. The van der Waals surface area contributed by atoms with Crippen molar-refractivity contribution in [1.82, 2.24) is 20.0 Å². The molecule has 224 valence electrons. The van der Waals surface area contributed by atoms with Gasteiger partial charge in [-0.25, -0.2) is 0 Å². The van der Waals surface area contributed by atoms with Gasteiger partial charge in [-0.3, -0.25) is 24.8 Å². The molecule has 4 rings (SSSR count). The van der Waals surface area contributed by atoms with Crippen LogP contribution in [0.4, 0.5) is 5.69 Å². The lowest BCUT2D eigenvalue weighted by Gasteiger charge is -2.41. The number of aromatic nitrogens is 2. The first kappa shape index (κ1) is 31.2. The molecule has 1 unspecified atom stereocenters. The van der Waals surface area contributed by atoms with Crippen molar-refractivity contribution in [2.45, 2.75) is 91.3 Å². The molecule has 1 saturated carbocycles. The molecule has 0 saturated heterocycles. The average Bonchev–Trinajstić information content (AvgIpc) is 3.26. The van der Waals surface area contributed by atoms with Crippen molar-refractivity contribution in [2.24, 2.45) is 0 Å². The minimum absolute atomic E-state index is 0.130. The van der Waals surface area contributed by atoms with Crippen LogP contribution in [0.3, 0.4) is 0 Å². The van der Waals surface area contributed by atoms with Crippen LogP contribution in [0.15, 0.2) is 41.2 Å². The average molecular weight is 584 g/mol. The molecule has 0 spiro atoms. The lowest BCUT2D eigenvalue weighted by molar-refractivity contribution is 0.136. The fraction of sp³-hybridized carbons (Fsp3) is 0.531. The summed E-state index contributed by atoms with van der Waals surface area (Å²) in [5.41, 5.74) is 5.49. The summed E-state index contributed by atoms with van der Waals surface area (Å²) >= 11 is 6.62. The maximum absolute atomic E-state index is 12.4. The molecule has 9 heteroatoms. The second-order valence-corrected chi connectivity index (χ2v) is 11.6. The number of ether oxygens (including phenoxy) is 1. The quantitative estimate of drug-likeness (QED) is 0.243. The molecule has 3 N–H and O–H groups in total. The van der Waals surface area contributed by atoms with Crippen LogP contribution >= 0.6 is 11.6 Å². The molecule has 1 atom stereocenters. The molecule has 1 aliphatic carbocycles. The van der Waals surface area contributed by atoms with Crippen LogP contribution in [-0.2, 0) is 19.6 Å². The number of aliphatic hydroxyl groups is 1. The first-order valence-electron chi connectivity index (χ1n) is 14.8. The number of hydrogen-bond acceptors (Lipinski definition) is 6. The molecule has 3 aromatic rings. The van der Waals surface area contributed by atoms with Gasteiger partial charge in [0.25, 0.3) is 5.56 Å². The summed E-state index contributed by atoms with van der Waals surface area (Å²) in [6.07, 6.45) is 3.52. The summed E-state index contributed by atoms with van der Waals surface area (Å²) < 4.78 is 7.11. The standard InChI is InChI=1S/C32H46ClN5O3/c1-7-37(26-13-11-25(12-14-26)36(5)20-23-9-15-27(41-6)16-10-23)30-18-24(33)17-28(21(30)3)31(39)34-19-29-22(4)38(8-2)35-32(29)40/h9-10,15-18,25-26,31,34,39H,7-8,11-14,19-20H2,1-6H3,(H,35,40)/t25-,26-,31?. The Balaban J connectivity index is 1.42. The third-order valence-corrected chi connectivity index (χ3v) is 9.01. The van der Waals surface area contributed by atoms with Crippen LogP contribution in [0, 0.1) is 13.8 Å². The Bertz CT molecular complexity index is 1340. The van der Waals surface area contributed by atoms with E-state index in [2.05, 4.69) is 53.2 Å². The second kappa shape index (κ2) is 13.9. The Hall–Kier alpha value is -2.78. The number of aromatic amines is 1. The fourth-order valence-electron chi connectivity index (χ4n) is 6.29. The first-order valence-corrected chi connectivity index (χ1v) is 15.1. The highest BCUT2D eigenvalue weighted by atomic mass is 35.5. The normalized spacial score (nSPS) is 18.1. The van der Waals surface area contributed by atoms with Gasteiger partial charge in [-0.05, 0) is 95.8 Å². The number of H-pyrrole nitrogens is 1. The number of nitrogens with one attached hydrogen (secondary N) is 2. The van der Waals surface area contributed by atoms with Gasteiger partial charge in [0.2, 0.25) is 0 Å². The Labute approximate surface area is 249 Å². The molecule has 41 heavy (non-hydrogen) atoms. The van der Waals surface area contributed by atoms with E-state index in [4.69, 9.17) is 16.3 Å². The van der Waals surface area contributed by atoms with E-state index in [0.717, 1.165) is 67.0 Å². The zero-order chi connectivity index (χ0) is 29.7. The monoisotopic (exact) mass is 583 g/mol. The number of rotatable bonds is 12. The van der Waals surface area contributed by atoms with Crippen LogP contribution in [-0.4, -0.2) is 52.6 Å².